The normalized spacial score (nSPS) is 15.2. The number of benzene rings is 2. The molecule has 1 aliphatic heterocycles. The van der Waals surface area contributed by atoms with Gasteiger partial charge < -0.3 is 9.64 Å². The van der Waals surface area contributed by atoms with Crippen LogP contribution in [0.25, 0.3) is 22.2 Å². The van der Waals surface area contributed by atoms with E-state index in [-0.39, 0.29) is 5.91 Å². The van der Waals surface area contributed by atoms with Crippen LogP contribution in [0.15, 0.2) is 48.5 Å². The number of hydrogen-bond acceptors (Lipinski definition) is 4. The van der Waals surface area contributed by atoms with E-state index in [9.17, 15) is 4.79 Å². The van der Waals surface area contributed by atoms with Gasteiger partial charge in [-0.15, -0.1) is 0 Å². The van der Waals surface area contributed by atoms with Gasteiger partial charge in [0.05, 0.1) is 24.9 Å². The molecule has 5 heteroatoms. The van der Waals surface area contributed by atoms with Crippen LogP contribution in [0.1, 0.15) is 11.1 Å². The first-order valence-corrected chi connectivity index (χ1v) is 9.54. The van der Waals surface area contributed by atoms with Crippen LogP contribution in [-0.2, 0) is 11.3 Å². The van der Waals surface area contributed by atoms with E-state index in [0.717, 1.165) is 46.6 Å². The molecule has 1 aromatic heterocycles. The number of fused-ring (bicyclic) bond motifs is 1. The molecule has 0 atom stereocenters. The summed E-state index contributed by atoms with van der Waals surface area (Å²) in [7, 11) is 3.53. The van der Waals surface area contributed by atoms with Gasteiger partial charge in [0.15, 0.2) is 0 Å². The zero-order chi connectivity index (χ0) is 19.7. The molecule has 0 spiro atoms. The molecule has 4 rings (SSSR count). The second kappa shape index (κ2) is 7.60. The molecule has 0 radical (unpaired) electrons. The predicted molar refractivity (Wildman–Crippen MR) is 111 cm³/mol. The standard InChI is InChI=1S/C23H25N3O2/c1-16-4-5-18-13-19(14-26-11-10-25(2)22(27)15-26)23(24-21(18)12-16)17-6-8-20(28-3)9-7-17/h4-9,12-13H,10-11,14-15H2,1-3H3. The van der Waals surface area contributed by atoms with Crippen LogP contribution >= 0.6 is 0 Å². The lowest BCUT2D eigenvalue weighted by molar-refractivity contribution is -0.134. The third-order valence-electron chi connectivity index (χ3n) is 5.35. The number of methoxy groups -OCH3 is 1. The molecule has 28 heavy (non-hydrogen) atoms. The van der Waals surface area contributed by atoms with Crippen molar-refractivity contribution in [2.75, 3.05) is 33.8 Å². The topological polar surface area (TPSA) is 45.7 Å². The Kier molecular flexibility index (Phi) is 5.01. The van der Waals surface area contributed by atoms with Crippen molar-refractivity contribution in [3.63, 3.8) is 0 Å². The molecule has 0 unspecified atom stereocenters. The Morgan fingerprint density at radius 2 is 1.86 bits per heavy atom. The fraction of sp³-hybridized carbons (Fsp3) is 0.304. The summed E-state index contributed by atoms with van der Waals surface area (Å²) in [6, 6.07) is 16.6. The van der Waals surface area contributed by atoms with Crippen LogP contribution in [0.3, 0.4) is 0 Å². The fourth-order valence-electron chi connectivity index (χ4n) is 3.62. The number of ether oxygens (including phenoxy) is 1. The van der Waals surface area contributed by atoms with E-state index in [2.05, 4.69) is 36.1 Å². The maximum absolute atomic E-state index is 12.1. The van der Waals surface area contributed by atoms with Gasteiger partial charge in [0.2, 0.25) is 5.91 Å². The second-order valence-corrected chi connectivity index (χ2v) is 7.45. The minimum Gasteiger partial charge on any atom is -0.497 e. The highest BCUT2D eigenvalue weighted by Gasteiger charge is 2.22. The third kappa shape index (κ3) is 3.71. The number of rotatable bonds is 4. The van der Waals surface area contributed by atoms with Crippen molar-refractivity contribution in [1.29, 1.82) is 0 Å². The highest BCUT2D eigenvalue weighted by atomic mass is 16.5. The Labute approximate surface area is 165 Å². The summed E-state index contributed by atoms with van der Waals surface area (Å²) >= 11 is 0. The lowest BCUT2D eigenvalue weighted by Crippen LogP contribution is -2.48. The maximum atomic E-state index is 12.1. The number of carbonyl (C=O) groups excluding carboxylic acids is 1. The number of aryl methyl sites for hydroxylation is 1. The van der Waals surface area contributed by atoms with Gasteiger partial charge in [-0.25, -0.2) is 4.98 Å². The van der Waals surface area contributed by atoms with E-state index in [1.165, 1.54) is 5.56 Å². The molecule has 144 valence electrons. The van der Waals surface area contributed by atoms with Crippen molar-refractivity contribution < 1.29 is 9.53 Å². The SMILES string of the molecule is COc1ccc(-c2nc3cc(C)ccc3cc2CN2CCN(C)C(=O)C2)cc1. The van der Waals surface area contributed by atoms with Gasteiger partial charge in [-0.2, -0.15) is 0 Å². The summed E-state index contributed by atoms with van der Waals surface area (Å²) in [4.78, 5) is 21.1. The van der Waals surface area contributed by atoms with Crippen molar-refractivity contribution in [2.24, 2.45) is 0 Å². The number of amides is 1. The molecular weight excluding hydrogens is 350 g/mol. The maximum Gasteiger partial charge on any atom is 0.236 e. The van der Waals surface area contributed by atoms with Crippen molar-refractivity contribution >= 4 is 16.8 Å². The summed E-state index contributed by atoms with van der Waals surface area (Å²) in [5, 5.41) is 1.12. The van der Waals surface area contributed by atoms with E-state index in [0.29, 0.717) is 13.1 Å². The molecule has 0 aliphatic carbocycles. The minimum atomic E-state index is 0.168. The Bertz CT molecular complexity index is 1010. The number of piperazine rings is 1. The number of aromatic nitrogens is 1. The van der Waals surface area contributed by atoms with Crippen LogP contribution in [0.5, 0.6) is 5.75 Å². The largest absolute Gasteiger partial charge is 0.497 e. The van der Waals surface area contributed by atoms with E-state index in [4.69, 9.17) is 9.72 Å². The predicted octanol–water partition coefficient (Wildman–Crippen LogP) is 3.49. The van der Waals surface area contributed by atoms with E-state index >= 15 is 0 Å². The molecule has 1 fully saturated rings. The lowest BCUT2D eigenvalue weighted by Gasteiger charge is -2.32. The van der Waals surface area contributed by atoms with E-state index in [1.54, 1.807) is 12.0 Å². The van der Waals surface area contributed by atoms with E-state index in [1.807, 2.05) is 31.3 Å². The van der Waals surface area contributed by atoms with Gasteiger partial charge in [0.1, 0.15) is 5.75 Å². The van der Waals surface area contributed by atoms with Crippen molar-refractivity contribution in [3.8, 4) is 17.0 Å². The Morgan fingerprint density at radius 1 is 1.07 bits per heavy atom. The average Bonchev–Trinajstić information content (AvgIpc) is 2.70. The molecule has 1 amide bonds. The number of hydrogen-bond donors (Lipinski definition) is 0. The Morgan fingerprint density at radius 3 is 2.57 bits per heavy atom. The zero-order valence-corrected chi connectivity index (χ0v) is 16.6. The fourth-order valence-corrected chi connectivity index (χ4v) is 3.62. The monoisotopic (exact) mass is 375 g/mol. The number of nitrogens with zero attached hydrogens (tertiary/aromatic N) is 3. The third-order valence-corrected chi connectivity index (χ3v) is 5.35. The lowest BCUT2D eigenvalue weighted by atomic mass is 10.0. The second-order valence-electron chi connectivity index (χ2n) is 7.45. The zero-order valence-electron chi connectivity index (χ0n) is 16.6. The first kappa shape index (κ1) is 18.4. The number of carbonyl (C=O) groups is 1. The van der Waals surface area contributed by atoms with Crippen LogP contribution in [-0.4, -0.2) is 54.5 Å². The first-order chi connectivity index (χ1) is 13.5. The molecule has 2 aromatic carbocycles. The van der Waals surface area contributed by atoms with Gasteiger partial charge in [-0.05, 0) is 54.4 Å². The van der Waals surface area contributed by atoms with Gasteiger partial charge in [0, 0.05) is 37.6 Å². The van der Waals surface area contributed by atoms with Gasteiger partial charge >= 0.3 is 0 Å². The van der Waals surface area contributed by atoms with Crippen molar-refractivity contribution in [3.05, 3.63) is 59.7 Å². The summed E-state index contributed by atoms with van der Waals surface area (Å²) in [6.07, 6.45) is 0. The van der Waals surface area contributed by atoms with Crippen LogP contribution in [0.2, 0.25) is 0 Å². The average molecular weight is 375 g/mol. The van der Waals surface area contributed by atoms with Crippen molar-refractivity contribution in [1.82, 2.24) is 14.8 Å². The molecule has 0 saturated carbocycles. The minimum absolute atomic E-state index is 0.168. The van der Waals surface area contributed by atoms with Gasteiger partial charge in [0.25, 0.3) is 0 Å². The molecule has 2 heterocycles. The summed E-state index contributed by atoms with van der Waals surface area (Å²) in [6.45, 7) is 4.87. The molecular formula is C23H25N3O2. The molecule has 0 N–H and O–H groups in total. The van der Waals surface area contributed by atoms with E-state index < -0.39 is 0 Å². The number of pyridine rings is 1. The van der Waals surface area contributed by atoms with Gasteiger partial charge in [-0.3, -0.25) is 9.69 Å². The summed E-state index contributed by atoms with van der Waals surface area (Å²) in [5.74, 6) is 0.994. The van der Waals surface area contributed by atoms with Crippen LogP contribution in [0, 0.1) is 6.92 Å². The van der Waals surface area contributed by atoms with Gasteiger partial charge in [-0.1, -0.05) is 12.1 Å². The van der Waals surface area contributed by atoms with Crippen LogP contribution in [0.4, 0.5) is 0 Å². The molecule has 1 saturated heterocycles. The molecule has 0 bridgehead atoms. The Hall–Kier alpha value is -2.92. The summed E-state index contributed by atoms with van der Waals surface area (Å²) in [5.41, 5.74) is 5.34. The molecule has 5 nitrogen and oxygen atoms in total. The quantitative estimate of drug-likeness (QED) is 0.700. The van der Waals surface area contributed by atoms with Crippen LogP contribution < -0.4 is 4.74 Å². The van der Waals surface area contributed by atoms with Crippen molar-refractivity contribution in [2.45, 2.75) is 13.5 Å². The summed E-state index contributed by atoms with van der Waals surface area (Å²) < 4.78 is 5.29. The highest BCUT2D eigenvalue weighted by molar-refractivity contribution is 5.84. The Balaban J connectivity index is 1.76. The smallest absolute Gasteiger partial charge is 0.236 e. The molecule has 1 aliphatic rings. The number of likely N-dealkylation sites (N-methyl/N-ethyl adjacent to an activating group) is 1. The highest BCUT2D eigenvalue weighted by Crippen LogP contribution is 2.29. The molecule has 3 aromatic rings. The first-order valence-electron chi connectivity index (χ1n) is 9.54.